The van der Waals surface area contributed by atoms with E-state index in [4.69, 9.17) is 11.6 Å². The van der Waals surface area contributed by atoms with Crippen molar-refractivity contribution in [3.63, 3.8) is 0 Å². The molecule has 0 fully saturated rings. The molecule has 0 bridgehead atoms. The molecule has 2 rings (SSSR count). The second-order valence-corrected chi connectivity index (χ2v) is 5.23. The molecule has 1 aromatic rings. The normalized spacial score (nSPS) is 21.5. The van der Waals surface area contributed by atoms with Gasteiger partial charge in [-0.1, -0.05) is 43.1 Å². The Labute approximate surface area is 119 Å². The molecule has 1 aliphatic heterocycles. The highest BCUT2D eigenvalue weighted by Crippen LogP contribution is 2.27. The van der Waals surface area contributed by atoms with Gasteiger partial charge in [-0.2, -0.15) is 0 Å². The average Bonchev–Trinajstić information content (AvgIpc) is 2.82. The maximum Gasteiger partial charge on any atom is 0.167 e. The number of hydrogen-bond donors (Lipinski definition) is 1. The molecule has 0 aliphatic carbocycles. The van der Waals surface area contributed by atoms with Crippen LogP contribution in [0.25, 0.3) is 0 Å². The summed E-state index contributed by atoms with van der Waals surface area (Å²) in [6, 6.07) is 7.74. The molecule has 102 valence electrons. The molecule has 0 spiro atoms. The Bertz CT molecular complexity index is 475. The summed E-state index contributed by atoms with van der Waals surface area (Å²) in [5.41, 5.74) is 0.412. The molecular weight excluding hydrogens is 260 g/mol. The summed E-state index contributed by atoms with van der Waals surface area (Å²) < 4.78 is 0. The van der Waals surface area contributed by atoms with E-state index in [2.05, 4.69) is 12.2 Å². The summed E-state index contributed by atoms with van der Waals surface area (Å²) in [5, 5.41) is 3.91. The molecule has 1 heterocycles. The van der Waals surface area contributed by atoms with Crippen LogP contribution in [-0.4, -0.2) is 16.8 Å². The van der Waals surface area contributed by atoms with Gasteiger partial charge >= 0.3 is 0 Å². The second kappa shape index (κ2) is 6.11. The van der Waals surface area contributed by atoms with Gasteiger partial charge in [-0.15, -0.1) is 0 Å². The molecular formula is C15H19ClN2O. The van der Waals surface area contributed by atoms with Crippen molar-refractivity contribution in [2.24, 2.45) is 0 Å². The molecule has 1 aliphatic rings. The minimum absolute atomic E-state index is 0.616. The van der Waals surface area contributed by atoms with Crippen LogP contribution in [0.3, 0.4) is 0 Å². The van der Waals surface area contributed by atoms with E-state index in [1.807, 2.05) is 41.6 Å². The predicted octanol–water partition coefficient (Wildman–Crippen LogP) is 3.30. The molecule has 0 saturated carbocycles. The first kappa shape index (κ1) is 13.9. The lowest BCUT2D eigenvalue weighted by atomic mass is 10.0. The highest BCUT2D eigenvalue weighted by Gasteiger charge is 2.36. The van der Waals surface area contributed by atoms with Crippen LogP contribution < -0.4 is 5.32 Å². The van der Waals surface area contributed by atoms with Crippen molar-refractivity contribution in [1.82, 2.24) is 10.2 Å². The predicted molar refractivity (Wildman–Crippen MR) is 77.6 cm³/mol. The van der Waals surface area contributed by atoms with Crippen LogP contribution in [0.5, 0.6) is 0 Å². The Hall–Kier alpha value is -1.48. The van der Waals surface area contributed by atoms with Crippen LogP contribution in [0, 0.1) is 0 Å². The molecule has 0 saturated heterocycles. The van der Waals surface area contributed by atoms with Crippen LogP contribution in [0.1, 0.15) is 31.7 Å². The van der Waals surface area contributed by atoms with Gasteiger partial charge in [0.25, 0.3) is 0 Å². The highest BCUT2D eigenvalue weighted by molar-refractivity contribution is 6.31. The van der Waals surface area contributed by atoms with Gasteiger partial charge in [-0.3, -0.25) is 4.79 Å². The molecule has 3 nitrogen and oxygen atoms in total. The summed E-state index contributed by atoms with van der Waals surface area (Å²) >= 11 is 6.18. The van der Waals surface area contributed by atoms with Crippen LogP contribution >= 0.6 is 11.6 Å². The largest absolute Gasteiger partial charge is 0.362 e. The molecule has 1 N–H and O–H groups in total. The first-order valence-electron chi connectivity index (χ1n) is 6.62. The highest BCUT2D eigenvalue weighted by atomic mass is 35.5. The van der Waals surface area contributed by atoms with E-state index in [0.717, 1.165) is 36.1 Å². The first-order chi connectivity index (χ1) is 9.22. The third kappa shape index (κ3) is 2.92. The molecule has 19 heavy (non-hydrogen) atoms. The molecule has 0 aromatic heterocycles. The van der Waals surface area contributed by atoms with Gasteiger partial charge in [-0.25, -0.2) is 0 Å². The van der Waals surface area contributed by atoms with E-state index in [9.17, 15) is 4.79 Å². The molecule has 0 amide bonds. The third-order valence-electron chi connectivity index (χ3n) is 3.51. The molecule has 4 heteroatoms. The van der Waals surface area contributed by atoms with Crippen molar-refractivity contribution >= 4 is 17.9 Å². The number of halogens is 1. The van der Waals surface area contributed by atoms with Crippen LogP contribution in [-0.2, 0) is 11.3 Å². The molecule has 1 aromatic carbocycles. The maximum atomic E-state index is 11.5. The molecule has 1 atom stereocenters. The van der Waals surface area contributed by atoms with Crippen molar-refractivity contribution in [3.05, 3.63) is 47.3 Å². The van der Waals surface area contributed by atoms with Gasteiger partial charge < -0.3 is 10.2 Å². The lowest BCUT2D eigenvalue weighted by Crippen LogP contribution is -2.52. The number of carbonyl (C=O) groups is 1. The zero-order chi connectivity index (χ0) is 13.7. The van der Waals surface area contributed by atoms with Gasteiger partial charge in [0.2, 0.25) is 0 Å². The van der Waals surface area contributed by atoms with Crippen molar-refractivity contribution < 1.29 is 4.79 Å². The maximum absolute atomic E-state index is 11.5. The van der Waals surface area contributed by atoms with Crippen molar-refractivity contribution in [1.29, 1.82) is 0 Å². The van der Waals surface area contributed by atoms with Crippen molar-refractivity contribution in [3.8, 4) is 0 Å². The fraction of sp³-hybridized carbons (Fsp3) is 0.400. The summed E-state index contributed by atoms with van der Waals surface area (Å²) in [4.78, 5) is 13.6. The zero-order valence-electron chi connectivity index (χ0n) is 11.1. The number of nitrogens with one attached hydrogen (secondary N) is 1. The van der Waals surface area contributed by atoms with E-state index in [1.54, 1.807) is 0 Å². The first-order valence-corrected chi connectivity index (χ1v) is 7.00. The fourth-order valence-electron chi connectivity index (χ4n) is 2.31. The number of carbonyl (C=O) groups excluding carboxylic acids is 1. The third-order valence-corrected chi connectivity index (χ3v) is 3.87. The monoisotopic (exact) mass is 278 g/mol. The van der Waals surface area contributed by atoms with Crippen LogP contribution in [0.4, 0.5) is 0 Å². The van der Waals surface area contributed by atoms with Gasteiger partial charge in [-0.05, 0) is 24.5 Å². The zero-order valence-corrected chi connectivity index (χ0v) is 11.9. The van der Waals surface area contributed by atoms with Crippen LogP contribution in [0.15, 0.2) is 36.7 Å². The lowest BCUT2D eigenvalue weighted by molar-refractivity contribution is -0.118. The van der Waals surface area contributed by atoms with Gasteiger partial charge in [0.05, 0.1) is 0 Å². The Kier molecular flexibility index (Phi) is 4.48. The number of hydrogen-bond acceptors (Lipinski definition) is 3. The fourth-order valence-corrected chi connectivity index (χ4v) is 2.51. The van der Waals surface area contributed by atoms with Crippen molar-refractivity contribution in [2.45, 2.75) is 38.4 Å². The Morgan fingerprint density at radius 3 is 2.89 bits per heavy atom. The average molecular weight is 279 g/mol. The second-order valence-electron chi connectivity index (χ2n) is 4.83. The summed E-state index contributed by atoms with van der Waals surface area (Å²) in [5.74, 6) is 0. The Morgan fingerprint density at radius 2 is 2.21 bits per heavy atom. The van der Waals surface area contributed by atoms with E-state index in [-0.39, 0.29) is 0 Å². The molecule has 1 unspecified atom stereocenters. The Balaban J connectivity index is 2.16. The van der Waals surface area contributed by atoms with E-state index < -0.39 is 5.66 Å². The number of rotatable bonds is 6. The summed E-state index contributed by atoms with van der Waals surface area (Å²) in [7, 11) is 0. The standard InChI is InChI=1S/C15H19ClN2O/c1-2-3-8-15(12-19)17-9-10-18(15)11-13-6-4-5-7-14(13)16/h4-7,9-10,12,17H,2-3,8,11H2,1H3. The van der Waals surface area contributed by atoms with E-state index in [0.29, 0.717) is 6.54 Å². The SMILES string of the molecule is CCCCC1(C=O)NC=CN1Cc1ccccc1Cl. The smallest absolute Gasteiger partial charge is 0.167 e. The summed E-state index contributed by atoms with van der Waals surface area (Å²) in [6.45, 7) is 2.75. The summed E-state index contributed by atoms with van der Waals surface area (Å²) in [6.07, 6.45) is 7.63. The van der Waals surface area contributed by atoms with Gasteiger partial charge in [0, 0.05) is 24.0 Å². The number of benzene rings is 1. The lowest BCUT2D eigenvalue weighted by Gasteiger charge is -2.35. The van der Waals surface area contributed by atoms with Gasteiger partial charge in [0.15, 0.2) is 11.9 Å². The Morgan fingerprint density at radius 1 is 1.42 bits per heavy atom. The van der Waals surface area contributed by atoms with E-state index in [1.165, 1.54) is 0 Å². The van der Waals surface area contributed by atoms with Crippen molar-refractivity contribution in [2.75, 3.05) is 0 Å². The minimum atomic E-state index is -0.616. The van der Waals surface area contributed by atoms with Crippen LogP contribution in [0.2, 0.25) is 5.02 Å². The topological polar surface area (TPSA) is 32.3 Å². The minimum Gasteiger partial charge on any atom is -0.362 e. The number of nitrogens with zero attached hydrogens (tertiary/aromatic N) is 1. The quantitative estimate of drug-likeness (QED) is 0.811. The molecule has 0 radical (unpaired) electrons. The van der Waals surface area contributed by atoms with Gasteiger partial charge in [0.1, 0.15) is 0 Å². The number of aldehydes is 1. The number of unbranched alkanes of at least 4 members (excludes halogenated alkanes) is 1. The van der Waals surface area contributed by atoms with E-state index >= 15 is 0 Å².